The fraction of sp³-hybridized carbons (Fsp3) is 0.745. The number of rotatable bonds is 19. The van der Waals surface area contributed by atoms with Gasteiger partial charge in [0.05, 0.1) is 56.5 Å². The fourth-order valence-corrected chi connectivity index (χ4v) is 9.12. The van der Waals surface area contributed by atoms with Crippen LogP contribution in [-0.2, 0) is 71.3 Å². The van der Waals surface area contributed by atoms with E-state index in [1.54, 1.807) is 13.8 Å². The summed E-state index contributed by atoms with van der Waals surface area (Å²) < 4.78 is 58.8. The Morgan fingerprint density at radius 2 is 1.25 bits per heavy atom. The molecule has 3 saturated heterocycles. The van der Waals surface area contributed by atoms with Crippen LogP contribution in [0.1, 0.15) is 107 Å². The quantitative estimate of drug-likeness (QED) is 0.104. The van der Waals surface area contributed by atoms with Crippen LogP contribution in [0.15, 0.2) is 30.3 Å². The van der Waals surface area contributed by atoms with Crippen LogP contribution in [0.25, 0.3) is 0 Å². The van der Waals surface area contributed by atoms with Crippen LogP contribution in [0.2, 0.25) is 0 Å². The van der Waals surface area contributed by atoms with Gasteiger partial charge >= 0.3 is 35.9 Å². The van der Waals surface area contributed by atoms with Crippen molar-refractivity contribution in [3.05, 3.63) is 35.9 Å². The van der Waals surface area contributed by atoms with Gasteiger partial charge in [0.1, 0.15) is 6.61 Å². The van der Waals surface area contributed by atoms with Gasteiger partial charge in [-0.15, -0.1) is 0 Å². The van der Waals surface area contributed by atoms with Crippen LogP contribution in [0, 0.1) is 34.5 Å². The van der Waals surface area contributed by atoms with Crippen molar-refractivity contribution in [2.75, 3.05) is 40.1 Å². The molecule has 0 radical (unpaired) electrons. The lowest BCUT2D eigenvalue weighted by Gasteiger charge is -2.46. The third-order valence-electron chi connectivity index (χ3n) is 13.3. The number of carbonyl (C=O) groups is 6. The molecular formula is C47H72N2O16. The second-order valence-corrected chi connectivity index (χ2v) is 18.2. The molecule has 366 valence electrons. The van der Waals surface area contributed by atoms with Gasteiger partial charge in [-0.1, -0.05) is 71.9 Å². The van der Waals surface area contributed by atoms with Crippen LogP contribution in [-0.4, -0.2) is 125 Å². The Morgan fingerprint density at radius 3 is 1.78 bits per heavy atom. The Bertz CT molecular complexity index is 1770. The van der Waals surface area contributed by atoms with Gasteiger partial charge in [-0.25, -0.2) is 4.79 Å². The average Bonchev–Trinajstić information content (AvgIpc) is 3.26. The van der Waals surface area contributed by atoms with Crippen LogP contribution in [0.3, 0.4) is 0 Å². The van der Waals surface area contributed by atoms with Gasteiger partial charge in [0, 0.05) is 38.5 Å². The SMILES string of the molecule is CCC(c1ccccc1)C(C)(CC(C)(CC)C(=O)OCCNC(=O)NC1OCC(OC2OCC(OC3OCC(C)C(C)C3OC(C)=O)C(C)C2OC(C)=O)C(C)C1OC(C)=O)C(=O)OC. The first-order chi connectivity index (χ1) is 30.7. The minimum atomic E-state index is -1.09. The molecule has 1 aromatic rings. The second kappa shape index (κ2) is 23.9. The number of urea groups is 1. The number of benzene rings is 1. The third-order valence-corrected chi connectivity index (χ3v) is 13.3. The summed E-state index contributed by atoms with van der Waals surface area (Å²) in [5.74, 6) is -3.78. The molecule has 18 heteroatoms. The Morgan fingerprint density at radius 1 is 0.723 bits per heavy atom. The van der Waals surface area contributed by atoms with Gasteiger partial charge in [-0.3, -0.25) is 24.0 Å². The van der Waals surface area contributed by atoms with E-state index in [1.807, 2.05) is 71.9 Å². The molecule has 4 rings (SSSR count). The van der Waals surface area contributed by atoms with E-state index < -0.39 is 108 Å². The highest BCUT2D eigenvalue weighted by Crippen LogP contribution is 2.48. The summed E-state index contributed by atoms with van der Waals surface area (Å²) >= 11 is 0. The Balaban J connectivity index is 1.35. The van der Waals surface area contributed by atoms with Gasteiger partial charge in [-0.05, 0) is 50.5 Å². The average molecular weight is 921 g/mol. The maximum atomic E-state index is 13.7. The summed E-state index contributed by atoms with van der Waals surface area (Å²) in [5, 5.41) is 5.35. The highest BCUT2D eigenvalue weighted by molar-refractivity contribution is 5.81. The zero-order valence-electron chi connectivity index (χ0n) is 40.1. The number of esters is 5. The molecule has 15 unspecified atom stereocenters. The van der Waals surface area contributed by atoms with Crippen molar-refractivity contribution < 1.29 is 76.1 Å². The van der Waals surface area contributed by atoms with E-state index >= 15 is 0 Å². The van der Waals surface area contributed by atoms with E-state index in [9.17, 15) is 28.8 Å². The molecule has 3 fully saturated rings. The minimum Gasteiger partial charge on any atom is -0.469 e. The van der Waals surface area contributed by atoms with E-state index in [-0.39, 0.29) is 50.5 Å². The summed E-state index contributed by atoms with van der Waals surface area (Å²) in [7, 11) is 1.34. The summed E-state index contributed by atoms with van der Waals surface area (Å²) in [6.07, 6.45) is -5.85. The molecular weight excluding hydrogens is 849 g/mol. The van der Waals surface area contributed by atoms with Crippen molar-refractivity contribution in [3.8, 4) is 0 Å². The van der Waals surface area contributed by atoms with E-state index in [0.29, 0.717) is 19.4 Å². The van der Waals surface area contributed by atoms with E-state index in [4.69, 9.17) is 47.4 Å². The van der Waals surface area contributed by atoms with Gasteiger partial charge in [0.2, 0.25) is 0 Å². The molecule has 3 aliphatic rings. The summed E-state index contributed by atoms with van der Waals surface area (Å²) in [6.45, 7) is 19.0. The molecule has 0 spiro atoms. The maximum Gasteiger partial charge on any atom is 0.317 e. The minimum absolute atomic E-state index is 0.0212. The molecule has 0 saturated carbocycles. The molecule has 2 amide bonds. The molecule has 3 aliphatic heterocycles. The first kappa shape index (κ1) is 53.3. The Hall–Kier alpha value is -4.36. The monoisotopic (exact) mass is 920 g/mol. The van der Waals surface area contributed by atoms with Crippen LogP contribution in [0.5, 0.6) is 0 Å². The Labute approximate surface area is 383 Å². The predicted molar refractivity (Wildman–Crippen MR) is 232 cm³/mol. The zero-order valence-corrected chi connectivity index (χ0v) is 40.1. The second-order valence-electron chi connectivity index (χ2n) is 18.2. The third kappa shape index (κ3) is 13.6. The molecule has 0 bridgehead atoms. The normalized spacial score (nSPS) is 31.4. The summed E-state index contributed by atoms with van der Waals surface area (Å²) in [4.78, 5) is 76.8. The highest BCUT2D eigenvalue weighted by atomic mass is 16.7. The summed E-state index contributed by atoms with van der Waals surface area (Å²) in [5.41, 5.74) is -1.13. The molecule has 3 heterocycles. The molecule has 1 aromatic carbocycles. The van der Waals surface area contributed by atoms with Crippen LogP contribution in [0.4, 0.5) is 4.79 Å². The van der Waals surface area contributed by atoms with Crippen molar-refractivity contribution in [3.63, 3.8) is 0 Å². The first-order valence-electron chi connectivity index (χ1n) is 22.7. The van der Waals surface area contributed by atoms with Crippen molar-refractivity contribution >= 4 is 35.9 Å². The summed E-state index contributed by atoms with van der Waals surface area (Å²) in [6, 6.07) is 9.00. The molecule has 0 aromatic heterocycles. The molecule has 18 nitrogen and oxygen atoms in total. The molecule has 2 N–H and O–H groups in total. The molecule has 65 heavy (non-hydrogen) atoms. The lowest BCUT2D eigenvalue weighted by molar-refractivity contribution is -0.327. The largest absolute Gasteiger partial charge is 0.469 e. The number of carbonyl (C=O) groups excluding carboxylic acids is 6. The standard InChI is InChI=1S/C47H72N2O16/c1-13-34(33-18-16-15-17-19-33)47(11,44(54)56-12)25-46(10,14-2)43(53)57-21-20-48-45(55)49-40-37(61-30(7)50)28(5)35(23-58-40)64-42-39(63-32(9)52)29(6)36(24-60-42)65-41-38(62-31(8)51)27(4)26(3)22-59-41/h15-19,26-29,34-42H,13-14,20-25H2,1-12H3,(H2,48,49,55). The molecule has 0 aliphatic carbocycles. The van der Waals surface area contributed by atoms with Crippen molar-refractivity contribution in [2.45, 2.75) is 151 Å². The van der Waals surface area contributed by atoms with Crippen molar-refractivity contribution in [2.24, 2.45) is 34.5 Å². The topological polar surface area (TPSA) is 219 Å². The number of nitrogens with one attached hydrogen (secondary N) is 2. The number of ether oxygens (including phenoxy) is 10. The van der Waals surface area contributed by atoms with E-state index in [1.165, 1.54) is 27.9 Å². The zero-order chi connectivity index (χ0) is 48.2. The number of hydrogen-bond acceptors (Lipinski definition) is 16. The van der Waals surface area contributed by atoms with Crippen molar-refractivity contribution in [1.29, 1.82) is 0 Å². The Kier molecular flexibility index (Phi) is 19.6. The van der Waals surface area contributed by atoms with Crippen LogP contribution >= 0.6 is 0 Å². The van der Waals surface area contributed by atoms with Gasteiger partial charge < -0.3 is 58.0 Å². The fourth-order valence-electron chi connectivity index (χ4n) is 9.12. The van der Waals surface area contributed by atoms with Gasteiger partial charge in [0.25, 0.3) is 0 Å². The number of amides is 2. The van der Waals surface area contributed by atoms with Crippen molar-refractivity contribution in [1.82, 2.24) is 10.6 Å². The van der Waals surface area contributed by atoms with Crippen LogP contribution < -0.4 is 10.6 Å². The van der Waals surface area contributed by atoms with Gasteiger partial charge in [0.15, 0.2) is 37.1 Å². The molecule has 15 atom stereocenters. The van der Waals surface area contributed by atoms with E-state index in [0.717, 1.165) is 5.56 Å². The predicted octanol–water partition coefficient (Wildman–Crippen LogP) is 5.19. The highest BCUT2D eigenvalue weighted by Gasteiger charge is 2.51. The maximum absolute atomic E-state index is 13.7. The number of methoxy groups -OCH3 is 1. The lowest BCUT2D eigenvalue weighted by Crippen LogP contribution is -2.61. The lowest BCUT2D eigenvalue weighted by atomic mass is 9.63. The van der Waals surface area contributed by atoms with E-state index in [2.05, 4.69) is 10.6 Å². The smallest absolute Gasteiger partial charge is 0.317 e. The first-order valence-corrected chi connectivity index (χ1v) is 22.7. The van der Waals surface area contributed by atoms with Gasteiger partial charge in [-0.2, -0.15) is 0 Å². The number of hydrogen-bond donors (Lipinski definition) is 2.